The molecule has 0 bridgehead atoms. The fourth-order valence-corrected chi connectivity index (χ4v) is 4.70. The number of hydrogen-bond donors (Lipinski definition) is 1. The third-order valence-corrected chi connectivity index (χ3v) is 6.18. The number of fused-ring (bicyclic) bond motifs is 2. The highest BCUT2D eigenvalue weighted by molar-refractivity contribution is 6.26. The van der Waals surface area contributed by atoms with Crippen molar-refractivity contribution in [1.82, 2.24) is 4.57 Å². The molecule has 1 N–H and O–H groups in total. The molecule has 4 aromatic carbocycles. The van der Waals surface area contributed by atoms with Crippen LogP contribution in [0.4, 0.5) is 0 Å². The van der Waals surface area contributed by atoms with Crippen LogP contribution in [0.15, 0.2) is 80.7 Å². The van der Waals surface area contributed by atoms with E-state index in [0.717, 1.165) is 31.9 Å². The predicted octanol–water partition coefficient (Wildman–Crippen LogP) is 4.78. The summed E-state index contributed by atoms with van der Waals surface area (Å²) in [5.41, 5.74) is 2.60. The van der Waals surface area contributed by atoms with Gasteiger partial charge in [0, 0.05) is 26.9 Å². The molecule has 0 aliphatic rings. The first-order valence-electron chi connectivity index (χ1n) is 10.5. The number of benzene rings is 4. The van der Waals surface area contributed by atoms with Crippen molar-refractivity contribution in [2.75, 3.05) is 0 Å². The van der Waals surface area contributed by atoms with E-state index in [2.05, 4.69) is 0 Å². The largest absolute Gasteiger partial charge is 0.481 e. The molecule has 2 heterocycles. The van der Waals surface area contributed by atoms with Crippen LogP contribution >= 0.6 is 0 Å². The van der Waals surface area contributed by atoms with Gasteiger partial charge >= 0.3 is 5.97 Å². The Bertz CT molecular complexity index is 1830. The highest BCUT2D eigenvalue weighted by Crippen LogP contribution is 2.37. The molecule has 0 amide bonds. The summed E-state index contributed by atoms with van der Waals surface area (Å²) in [6.45, 7) is 2.01. The summed E-state index contributed by atoms with van der Waals surface area (Å²) in [4.78, 5) is 37.9. The number of nitrogens with zero attached hydrogens (tertiary/aromatic N) is 1. The first kappa shape index (κ1) is 19.3. The third kappa shape index (κ3) is 2.77. The van der Waals surface area contributed by atoms with Crippen LogP contribution in [0.3, 0.4) is 0 Å². The van der Waals surface area contributed by atoms with Crippen molar-refractivity contribution in [3.05, 3.63) is 98.6 Å². The molecule has 0 atom stereocenters. The lowest BCUT2D eigenvalue weighted by Crippen LogP contribution is -2.31. The van der Waals surface area contributed by atoms with Gasteiger partial charge in [-0.05, 0) is 60.3 Å². The Labute approximate surface area is 186 Å². The van der Waals surface area contributed by atoms with Crippen molar-refractivity contribution in [1.29, 1.82) is 0 Å². The monoisotopic (exact) mass is 435 g/mol. The molecule has 0 radical (unpaired) electrons. The minimum Gasteiger partial charge on any atom is -0.481 e. The number of pyridine rings is 1. The average Bonchev–Trinajstić information content (AvgIpc) is 2.80. The second-order valence-electron chi connectivity index (χ2n) is 8.31. The topological polar surface area (TPSA) is 89.5 Å². The molecule has 2 aromatic heterocycles. The second-order valence-corrected chi connectivity index (χ2v) is 8.31. The summed E-state index contributed by atoms with van der Waals surface area (Å²) in [7, 11) is 0. The first-order valence-corrected chi connectivity index (χ1v) is 10.5. The quantitative estimate of drug-likeness (QED) is 0.319. The van der Waals surface area contributed by atoms with Crippen molar-refractivity contribution in [2.24, 2.45) is 0 Å². The van der Waals surface area contributed by atoms with Crippen LogP contribution in [-0.2, 0) is 11.2 Å². The van der Waals surface area contributed by atoms with E-state index in [9.17, 15) is 14.4 Å². The van der Waals surface area contributed by atoms with E-state index >= 15 is 0 Å². The maximum atomic E-state index is 13.5. The molecular formula is C27H17NO5. The molecule has 160 valence electrons. The van der Waals surface area contributed by atoms with Crippen LogP contribution in [0, 0.1) is 6.92 Å². The molecular weight excluding hydrogens is 418 g/mol. The van der Waals surface area contributed by atoms with Gasteiger partial charge in [-0.3, -0.25) is 14.4 Å². The van der Waals surface area contributed by atoms with E-state index in [1.807, 2.05) is 31.2 Å². The summed E-state index contributed by atoms with van der Waals surface area (Å²) in [6.07, 6.45) is -0.128. The van der Waals surface area contributed by atoms with Gasteiger partial charge in [0.1, 0.15) is 11.2 Å². The van der Waals surface area contributed by atoms with Crippen molar-refractivity contribution in [3.8, 4) is 5.69 Å². The van der Waals surface area contributed by atoms with Gasteiger partial charge in [-0.1, -0.05) is 29.8 Å². The van der Waals surface area contributed by atoms with Gasteiger partial charge in [0.05, 0.1) is 12.1 Å². The Morgan fingerprint density at radius 2 is 1.42 bits per heavy atom. The summed E-state index contributed by atoms with van der Waals surface area (Å²) in [5.74, 6) is -0.944. The smallest absolute Gasteiger partial charge is 0.307 e. The number of carboxylic acids is 1. The molecule has 0 aliphatic heterocycles. The van der Waals surface area contributed by atoms with Gasteiger partial charge in [0.2, 0.25) is 0 Å². The van der Waals surface area contributed by atoms with Crippen molar-refractivity contribution >= 4 is 49.5 Å². The summed E-state index contributed by atoms with van der Waals surface area (Å²) in [5, 5.41) is 13.1. The first-order chi connectivity index (χ1) is 15.9. The van der Waals surface area contributed by atoms with E-state index in [1.165, 1.54) is 0 Å². The Balaban J connectivity index is 1.70. The second kappa shape index (κ2) is 6.77. The highest BCUT2D eigenvalue weighted by Gasteiger charge is 2.19. The summed E-state index contributed by atoms with van der Waals surface area (Å²) in [6, 6.07) is 19.5. The van der Waals surface area contributed by atoms with Crippen LogP contribution in [-0.4, -0.2) is 15.6 Å². The minimum atomic E-state index is -0.944. The predicted molar refractivity (Wildman–Crippen MR) is 128 cm³/mol. The lowest BCUT2D eigenvalue weighted by molar-refractivity contribution is -0.136. The number of aryl methyl sites for hydroxylation is 1. The van der Waals surface area contributed by atoms with Crippen LogP contribution in [0.25, 0.3) is 49.2 Å². The normalized spacial score (nSPS) is 11.8. The number of carboxylic acid groups (broad SMARTS) is 1. The van der Waals surface area contributed by atoms with Crippen LogP contribution in [0.5, 0.6) is 0 Å². The van der Waals surface area contributed by atoms with Gasteiger partial charge < -0.3 is 9.52 Å². The molecule has 6 rings (SSSR count). The summed E-state index contributed by atoms with van der Waals surface area (Å²) < 4.78 is 7.27. The van der Waals surface area contributed by atoms with E-state index in [1.54, 1.807) is 42.5 Å². The van der Waals surface area contributed by atoms with Gasteiger partial charge in [-0.15, -0.1) is 0 Å². The van der Waals surface area contributed by atoms with Gasteiger partial charge in [-0.25, -0.2) is 4.57 Å². The van der Waals surface area contributed by atoms with Crippen LogP contribution < -0.4 is 11.1 Å². The molecule has 0 spiro atoms. The lowest BCUT2D eigenvalue weighted by atomic mass is 9.96. The zero-order valence-corrected chi connectivity index (χ0v) is 17.6. The molecule has 6 heteroatoms. The molecule has 0 unspecified atom stereocenters. The Morgan fingerprint density at radius 3 is 2.12 bits per heavy atom. The van der Waals surface area contributed by atoms with Crippen molar-refractivity contribution in [3.63, 3.8) is 0 Å². The standard InChI is InChI=1S/C27H17NO5/c1-14-2-10-21-20(12-14)17-7-8-18-24-19(9-11-22(33-21)25(17)24)27(32)28(26(18)31)16-5-3-15(4-6-16)13-23(29)30/h2-12H,13H2,1H3,(H,29,30). The zero-order valence-electron chi connectivity index (χ0n) is 17.6. The molecule has 0 aliphatic carbocycles. The number of aromatic nitrogens is 1. The molecule has 33 heavy (non-hydrogen) atoms. The maximum absolute atomic E-state index is 13.5. The maximum Gasteiger partial charge on any atom is 0.307 e. The fraction of sp³-hybridized carbons (Fsp3) is 0.0741. The summed E-state index contributed by atoms with van der Waals surface area (Å²) >= 11 is 0. The number of rotatable bonds is 3. The van der Waals surface area contributed by atoms with Gasteiger partial charge in [-0.2, -0.15) is 0 Å². The van der Waals surface area contributed by atoms with Crippen molar-refractivity contribution < 1.29 is 14.3 Å². The Hall–Kier alpha value is -4.45. The lowest BCUT2D eigenvalue weighted by Gasteiger charge is -2.14. The van der Waals surface area contributed by atoms with Crippen LogP contribution in [0.2, 0.25) is 0 Å². The van der Waals surface area contributed by atoms with Gasteiger partial charge in [0.15, 0.2) is 0 Å². The number of hydrogen-bond acceptors (Lipinski definition) is 4. The highest BCUT2D eigenvalue weighted by atomic mass is 16.4. The van der Waals surface area contributed by atoms with E-state index in [4.69, 9.17) is 9.52 Å². The van der Waals surface area contributed by atoms with Gasteiger partial charge in [0.25, 0.3) is 11.1 Å². The third-order valence-electron chi connectivity index (χ3n) is 6.18. The van der Waals surface area contributed by atoms with Crippen molar-refractivity contribution in [2.45, 2.75) is 13.3 Å². The van der Waals surface area contributed by atoms with E-state index < -0.39 is 17.1 Å². The molecule has 0 saturated heterocycles. The molecule has 6 aromatic rings. The Kier molecular flexibility index (Phi) is 3.95. The SMILES string of the molecule is Cc1ccc2oc3ccc4c(=O)n(-c5ccc(CC(=O)O)cc5)c(=O)c5ccc(c2c1)c3c45. The Morgan fingerprint density at radius 1 is 0.788 bits per heavy atom. The average molecular weight is 435 g/mol. The van der Waals surface area contributed by atoms with E-state index in [0.29, 0.717) is 33.0 Å². The van der Waals surface area contributed by atoms with Crippen LogP contribution in [0.1, 0.15) is 11.1 Å². The fourth-order valence-electron chi connectivity index (χ4n) is 4.70. The van der Waals surface area contributed by atoms with E-state index in [-0.39, 0.29) is 6.42 Å². The minimum absolute atomic E-state index is 0.128. The number of carbonyl (C=O) groups is 1. The molecule has 6 nitrogen and oxygen atoms in total. The molecule has 0 saturated carbocycles. The molecule has 0 fully saturated rings. The number of aliphatic carboxylic acids is 1. The zero-order chi connectivity index (χ0) is 22.9.